The Morgan fingerprint density at radius 3 is 2.33 bits per heavy atom. The fourth-order valence-corrected chi connectivity index (χ4v) is 2.00. The summed E-state index contributed by atoms with van der Waals surface area (Å²) >= 11 is 0. The molecule has 0 fully saturated rings. The number of nitrogens with zero attached hydrogens (tertiary/aromatic N) is 1. The minimum Gasteiger partial charge on any atom is -0.382 e. The lowest BCUT2D eigenvalue weighted by atomic mass is 10.0. The molecule has 1 N–H and O–H groups in total. The molecule has 0 aromatic heterocycles. The van der Waals surface area contributed by atoms with Crippen molar-refractivity contribution in [2.45, 2.75) is 52.0 Å². The zero-order valence-corrected chi connectivity index (χ0v) is 11.2. The van der Waals surface area contributed by atoms with E-state index in [-0.39, 0.29) is 10.6 Å². The average molecular weight is 250 g/mol. The van der Waals surface area contributed by atoms with Crippen LogP contribution in [-0.4, -0.2) is 11.0 Å². The van der Waals surface area contributed by atoms with Crippen molar-refractivity contribution in [1.82, 2.24) is 0 Å². The molecule has 18 heavy (non-hydrogen) atoms. The lowest BCUT2D eigenvalue weighted by Gasteiger charge is -2.19. The number of nitro groups is 1. The number of non-ortho nitro benzene ring substituents is 1. The first-order chi connectivity index (χ1) is 8.67. The topological polar surface area (TPSA) is 55.2 Å². The Hall–Kier alpha value is -1.58. The van der Waals surface area contributed by atoms with Gasteiger partial charge in [0.05, 0.1) is 4.92 Å². The van der Waals surface area contributed by atoms with Crippen LogP contribution in [0.25, 0.3) is 0 Å². The number of hydrogen-bond acceptors (Lipinski definition) is 3. The first-order valence-corrected chi connectivity index (χ1v) is 6.68. The fraction of sp³-hybridized carbons (Fsp3) is 0.571. The van der Waals surface area contributed by atoms with E-state index >= 15 is 0 Å². The molecule has 1 aromatic carbocycles. The Morgan fingerprint density at radius 2 is 1.83 bits per heavy atom. The molecule has 0 aliphatic carbocycles. The van der Waals surface area contributed by atoms with Gasteiger partial charge in [-0.1, -0.05) is 33.1 Å². The SMILES string of the molecule is CCCCC(CCC)Nc1ccc([N+](=O)[O-])cc1. The molecule has 1 unspecified atom stereocenters. The van der Waals surface area contributed by atoms with Crippen LogP contribution >= 0.6 is 0 Å². The van der Waals surface area contributed by atoms with Crippen LogP contribution in [0.5, 0.6) is 0 Å². The summed E-state index contributed by atoms with van der Waals surface area (Å²) in [6.45, 7) is 4.37. The lowest BCUT2D eigenvalue weighted by molar-refractivity contribution is -0.384. The predicted octanol–water partition coefficient (Wildman–Crippen LogP) is 4.37. The van der Waals surface area contributed by atoms with E-state index < -0.39 is 0 Å². The zero-order valence-electron chi connectivity index (χ0n) is 11.2. The van der Waals surface area contributed by atoms with Crippen molar-refractivity contribution in [2.75, 3.05) is 5.32 Å². The second-order valence-electron chi connectivity index (χ2n) is 4.58. The molecule has 1 atom stereocenters. The van der Waals surface area contributed by atoms with E-state index in [0.717, 1.165) is 24.9 Å². The number of nitro benzene ring substituents is 1. The third kappa shape index (κ3) is 4.73. The van der Waals surface area contributed by atoms with Crippen LogP contribution in [0.4, 0.5) is 11.4 Å². The van der Waals surface area contributed by atoms with E-state index in [0.29, 0.717) is 6.04 Å². The summed E-state index contributed by atoms with van der Waals surface area (Å²) in [6, 6.07) is 7.13. The number of unbranched alkanes of at least 4 members (excludes halogenated alkanes) is 1. The molecule has 0 saturated carbocycles. The van der Waals surface area contributed by atoms with Crippen LogP contribution in [0.2, 0.25) is 0 Å². The normalized spacial score (nSPS) is 12.1. The van der Waals surface area contributed by atoms with Gasteiger partial charge in [0, 0.05) is 23.9 Å². The summed E-state index contributed by atoms with van der Waals surface area (Å²) in [7, 11) is 0. The Bertz CT molecular complexity index is 363. The van der Waals surface area contributed by atoms with E-state index in [4.69, 9.17) is 0 Å². The number of benzene rings is 1. The van der Waals surface area contributed by atoms with Gasteiger partial charge in [0.1, 0.15) is 0 Å². The summed E-state index contributed by atoms with van der Waals surface area (Å²) < 4.78 is 0. The maximum Gasteiger partial charge on any atom is 0.269 e. The minimum atomic E-state index is -0.371. The zero-order chi connectivity index (χ0) is 13.4. The molecule has 0 aliphatic rings. The van der Waals surface area contributed by atoms with E-state index in [1.165, 1.54) is 12.8 Å². The molecule has 4 heteroatoms. The number of hydrogen-bond donors (Lipinski definition) is 1. The first-order valence-electron chi connectivity index (χ1n) is 6.68. The summed E-state index contributed by atoms with van der Waals surface area (Å²) in [6.07, 6.45) is 5.85. The highest BCUT2D eigenvalue weighted by atomic mass is 16.6. The number of rotatable bonds is 8. The standard InChI is InChI=1S/C14H22N2O2/c1-3-5-7-12(6-4-2)15-13-8-10-14(11-9-13)16(17)18/h8-12,15H,3-7H2,1-2H3. The summed E-state index contributed by atoms with van der Waals surface area (Å²) in [5, 5.41) is 14.0. The number of nitrogens with one attached hydrogen (secondary N) is 1. The quantitative estimate of drug-likeness (QED) is 0.550. The molecule has 0 bridgehead atoms. The Morgan fingerprint density at radius 1 is 1.17 bits per heavy atom. The highest BCUT2D eigenvalue weighted by molar-refractivity contribution is 5.49. The molecule has 4 nitrogen and oxygen atoms in total. The number of anilines is 1. The Labute approximate surface area is 109 Å². The van der Waals surface area contributed by atoms with Gasteiger partial charge in [-0.05, 0) is 25.0 Å². The molecule has 0 spiro atoms. The van der Waals surface area contributed by atoms with Crippen LogP contribution in [0, 0.1) is 10.1 Å². The van der Waals surface area contributed by atoms with Gasteiger partial charge in [0.25, 0.3) is 5.69 Å². The van der Waals surface area contributed by atoms with Crippen LogP contribution < -0.4 is 5.32 Å². The van der Waals surface area contributed by atoms with Crippen LogP contribution in [-0.2, 0) is 0 Å². The molecule has 0 heterocycles. The highest BCUT2D eigenvalue weighted by Crippen LogP contribution is 2.18. The molecule has 1 rings (SSSR count). The second-order valence-corrected chi connectivity index (χ2v) is 4.58. The second kappa shape index (κ2) is 7.69. The Balaban J connectivity index is 2.59. The molecule has 100 valence electrons. The first kappa shape index (κ1) is 14.5. The van der Waals surface area contributed by atoms with Gasteiger partial charge < -0.3 is 5.32 Å². The molecule has 0 saturated heterocycles. The maximum absolute atomic E-state index is 10.6. The summed E-state index contributed by atoms with van der Waals surface area (Å²) in [4.78, 5) is 10.2. The summed E-state index contributed by atoms with van der Waals surface area (Å²) in [5.74, 6) is 0. The predicted molar refractivity (Wildman–Crippen MR) is 74.9 cm³/mol. The molecule has 0 aliphatic heterocycles. The lowest BCUT2D eigenvalue weighted by Crippen LogP contribution is -2.19. The minimum absolute atomic E-state index is 0.140. The van der Waals surface area contributed by atoms with Gasteiger partial charge in [-0.15, -0.1) is 0 Å². The van der Waals surface area contributed by atoms with Gasteiger partial charge in [0.2, 0.25) is 0 Å². The third-order valence-corrected chi connectivity index (χ3v) is 2.99. The fourth-order valence-electron chi connectivity index (χ4n) is 2.00. The monoisotopic (exact) mass is 250 g/mol. The van der Waals surface area contributed by atoms with Gasteiger partial charge >= 0.3 is 0 Å². The van der Waals surface area contributed by atoms with Gasteiger partial charge in [-0.25, -0.2) is 0 Å². The average Bonchev–Trinajstić information content (AvgIpc) is 2.37. The van der Waals surface area contributed by atoms with E-state index in [1.807, 2.05) is 0 Å². The van der Waals surface area contributed by atoms with Gasteiger partial charge in [-0.2, -0.15) is 0 Å². The van der Waals surface area contributed by atoms with Crippen molar-refractivity contribution >= 4 is 11.4 Å². The largest absolute Gasteiger partial charge is 0.382 e. The highest BCUT2D eigenvalue weighted by Gasteiger charge is 2.08. The van der Waals surface area contributed by atoms with Crippen molar-refractivity contribution in [2.24, 2.45) is 0 Å². The molecular formula is C14H22N2O2. The van der Waals surface area contributed by atoms with Gasteiger partial charge in [-0.3, -0.25) is 10.1 Å². The van der Waals surface area contributed by atoms with Crippen molar-refractivity contribution in [3.8, 4) is 0 Å². The maximum atomic E-state index is 10.6. The van der Waals surface area contributed by atoms with Crippen molar-refractivity contribution in [3.63, 3.8) is 0 Å². The van der Waals surface area contributed by atoms with Gasteiger partial charge in [0.15, 0.2) is 0 Å². The van der Waals surface area contributed by atoms with Crippen molar-refractivity contribution in [3.05, 3.63) is 34.4 Å². The van der Waals surface area contributed by atoms with Crippen LogP contribution in [0.3, 0.4) is 0 Å². The van der Waals surface area contributed by atoms with Crippen LogP contribution in [0.1, 0.15) is 46.0 Å². The van der Waals surface area contributed by atoms with E-state index in [2.05, 4.69) is 19.2 Å². The molecule has 1 aromatic rings. The molecule has 0 amide bonds. The smallest absolute Gasteiger partial charge is 0.269 e. The molecule has 0 radical (unpaired) electrons. The molecular weight excluding hydrogens is 228 g/mol. The van der Waals surface area contributed by atoms with E-state index in [1.54, 1.807) is 24.3 Å². The third-order valence-electron chi connectivity index (χ3n) is 2.99. The van der Waals surface area contributed by atoms with Crippen molar-refractivity contribution < 1.29 is 4.92 Å². The van der Waals surface area contributed by atoms with Crippen molar-refractivity contribution in [1.29, 1.82) is 0 Å². The van der Waals surface area contributed by atoms with E-state index in [9.17, 15) is 10.1 Å². The Kier molecular flexibility index (Phi) is 6.19. The van der Waals surface area contributed by atoms with Crippen LogP contribution in [0.15, 0.2) is 24.3 Å². The summed E-state index contributed by atoms with van der Waals surface area (Å²) in [5.41, 5.74) is 1.11.